The monoisotopic (exact) mass is 208 g/mol. The highest BCUT2D eigenvalue weighted by Crippen LogP contribution is 2.61. The Bertz CT molecular complexity index is 299. The first-order valence-electron chi connectivity index (χ1n) is 6.17. The van der Waals surface area contributed by atoms with Crippen molar-refractivity contribution in [2.45, 2.75) is 50.7 Å². The van der Waals surface area contributed by atoms with Crippen LogP contribution in [0.15, 0.2) is 12.2 Å². The number of aliphatic hydroxyl groups excluding tert-OH is 2. The fourth-order valence-corrected chi connectivity index (χ4v) is 4.41. The molecule has 0 saturated heterocycles. The normalized spacial score (nSPS) is 54.1. The number of fused-ring (bicyclic) bond motifs is 1. The molecule has 0 aromatic carbocycles. The third-order valence-corrected chi connectivity index (χ3v) is 5.15. The summed E-state index contributed by atoms with van der Waals surface area (Å²) in [5.74, 6) is 0.806. The van der Waals surface area contributed by atoms with Crippen LogP contribution in [0.1, 0.15) is 38.5 Å². The summed E-state index contributed by atoms with van der Waals surface area (Å²) < 4.78 is 0. The topological polar surface area (TPSA) is 40.5 Å². The quantitative estimate of drug-likeness (QED) is 0.597. The summed E-state index contributed by atoms with van der Waals surface area (Å²) in [5.41, 5.74) is 1.27. The van der Waals surface area contributed by atoms with E-state index in [1.807, 2.05) is 0 Å². The van der Waals surface area contributed by atoms with Crippen molar-refractivity contribution in [2.24, 2.45) is 17.3 Å². The third kappa shape index (κ3) is 1.18. The van der Waals surface area contributed by atoms with Crippen LogP contribution < -0.4 is 0 Å². The van der Waals surface area contributed by atoms with Crippen LogP contribution in [0.2, 0.25) is 0 Å². The zero-order valence-corrected chi connectivity index (χ0v) is 9.15. The molecule has 3 saturated carbocycles. The minimum atomic E-state index is -0.201. The highest BCUT2D eigenvalue weighted by Gasteiger charge is 2.58. The molecule has 0 unspecified atom stereocenters. The number of hydrogen-bond donors (Lipinski definition) is 2. The molecule has 2 heteroatoms. The molecule has 3 aliphatic carbocycles. The molecule has 3 fully saturated rings. The van der Waals surface area contributed by atoms with Crippen molar-refractivity contribution in [1.82, 2.24) is 0 Å². The molecule has 0 radical (unpaired) electrons. The van der Waals surface area contributed by atoms with E-state index in [1.54, 1.807) is 0 Å². The summed E-state index contributed by atoms with van der Waals surface area (Å²) in [7, 11) is 0. The van der Waals surface area contributed by atoms with Crippen molar-refractivity contribution in [3.05, 3.63) is 12.2 Å². The molecule has 15 heavy (non-hydrogen) atoms. The van der Waals surface area contributed by atoms with E-state index in [0.717, 1.165) is 38.5 Å². The van der Waals surface area contributed by atoms with Gasteiger partial charge in [-0.25, -0.2) is 0 Å². The highest BCUT2D eigenvalue weighted by molar-refractivity contribution is 5.21. The molecular weight excluding hydrogens is 188 g/mol. The standard InChI is InChI=1S/C13H20O2/c1-8-6-13-7-9(8)5-11(14)10(13)3-2-4-12(13)15/h9-12,14-15H,1-7H2/t9-,10-,11+,12+,13+/m1/s1. The van der Waals surface area contributed by atoms with Crippen LogP contribution in [0.5, 0.6) is 0 Å². The fourth-order valence-electron chi connectivity index (χ4n) is 4.41. The summed E-state index contributed by atoms with van der Waals surface area (Å²) in [6.07, 6.45) is 5.61. The van der Waals surface area contributed by atoms with Crippen LogP contribution in [0.3, 0.4) is 0 Å². The molecule has 0 aromatic rings. The largest absolute Gasteiger partial charge is 0.393 e. The maximum atomic E-state index is 10.3. The molecule has 5 atom stereocenters. The van der Waals surface area contributed by atoms with Gasteiger partial charge < -0.3 is 10.2 Å². The number of rotatable bonds is 0. The molecular formula is C13H20O2. The zero-order valence-electron chi connectivity index (χ0n) is 9.15. The Morgan fingerprint density at radius 2 is 2.07 bits per heavy atom. The van der Waals surface area contributed by atoms with Crippen LogP contribution in [0.25, 0.3) is 0 Å². The molecule has 84 valence electrons. The predicted octanol–water partition coefficient (Wildman–Crippen LogP) is 1.86. The molecule has 2 nitrogen and oxygen atoms in total. The lowest BCUT2D eigenvalue weighted by Gasteiger charge is -2.49. The van der Waals surface area contributed by atoms with Crippen molar-refractivity contribution in [3.8, 4) is 0 Å². The van der Waals surface area contributed by atoms with Gasteiger partial charge in [0.25, 0.3) is 0 Å². The van der Waals surface area contributed by atoms with Gasteiger partial charge in [0.1, 0.15) is 0 Å². The van der Waals surface area contributed by atoms with Gasteiger partial charge in [0.05, 0.1) is 12.2 Å². The van der Waals surface area contributed by atoms with Gasteiger partial charge >= 0.3 is 0 Å². The Kier molecular flexibility index (Phi) is 2.02. The second-order valence-corrected chi connectivity index (χ2v) is 5.83. The molecule has 0 aromatic heterocycles. The first-order valence-corrected chi connectivity index (χ1v) is 6.17. The number of allylic oxidation sites excluding steroid dienone is 1. The molecule has 0 amide bonds. The Balaban J connectivity index is 2.00. The van der Waals surface area contributed by atoms with E-state index in [-0.39, 0.29) is 17.6 Å². The van der Waals surface area contributed by atoms with Crippen molar-refractivity contribution in [1.29, 1.82) is 0 Å². The van der Waals surface area contributed by atoms with E-state index in [2.05, 4.69) is 6.58 Å². The Hall–Kier alpha value is -0.340. The number of aliphatic hydroxyl groups is 2. The molecule has 3 rings (SSSR count). The van der Waals surface area contributed by atoms with Crippen molar-refractivity contribution < 1.29 is 10.2 Å². The summed E-state index contributed by atoms with van der Waals surface area (Å²) in [5, 5.41) is 20.4. The van der Waals surface area contributed by atoms with Crippen LogP contribution in [0.4, 0.5) is 0 Å². The Labute approximate surface area is 91.0 Å². The fraction of sp³-hybridized carbons (Fsp3) is 0.846. The molecule has 2 N–H and O–H groups in total. The zero-order chi connectivity index (χ0) is 10.6. The lowest BCUT2D eigenvalue weighted by Crippen LogP contribution is -2.50. The average Bonchev–Trinajstić information content (AvgIpc) is 2.45. The predicted molar refractivity (Wildman–Crippen MR) is 58.3 cm³/mol. The maximum Gasteiger partial charge on any atom is 0.0603 e. The lowest BCUT2D eigenvalue weighted by molar-refractivity contribution is -0.116. The SMILES string of the molecule is C=C1C[C@]23C[C@H]1C[C@H](O)[C@H]2CCC[C@@H]3O. The summed E-state index contributed by atoms with van der Waals surface area (Å²) in [4.78, 5) is 0. The third-order valence-electron chi connectivity index (χ3n) is 5.15. The second-order valence-electron chi connectivity index (χ2n) is 5.83. The van der Waals surface area contributed by atoms with Crippen LogP contribution in [0, 0.1) is 17.3 Å². The summed E-state index contributed by atoms with van der Waals surface area (Å²) >= 11 is 0. The van der Waals surface area contributed by atoms with Crippen LogP contribution in [-0.4, -0.2) is 22.4 Å². The van der Waals surface area contributed by atoms with Gasteiger partial charge in [-0.05, 0) is 43.9 Å². The Morgan fingerprint density at radius 1 is 1.27 bits per heavy atom. The van der Waals surface area contributed by atoms with Gasteiger partial charge in [0.15, 0.2) is 0 Å². The van der Waals surface area contributed by atoms with Gasteiger partial charge in [-0.3, -0.25) is 0 Å². The van der Waals surface area contributed by atoms with Crippen molar-refractivity contribution >= 4 is 0 Å². The first kappa shape index (κ1) is 9.86. The maximum absolute atomic E-state index is 10.3. The summed E-state index contributed by atoms with van der Waals surface area (Å²) in [6.45, 7) is 4.13. The van der Waals surface area contributed by atoms with E-state index in [0.29, 0.717) is 11.8 Å². The first-order chi connectivity index (χ1) is 7.13. The van der Waals surface area contributed by atoms with Crippen LogP contribution in [-0.2, 0) is 0 Å². The van der Waals surface area contributed by atoms with Gasteiger partial charge in [0, 0.05) is 5.41 Å². The van der Waals surface area contributed by atoms with Gasteiger partial charge in [-0.15, -0.1) is 0 Å². The van der Waals surface area contributed by atoms with Crippen molar-refractivity contribution in [3.63, 3.8) is 0 Å². The van der Waals surface area contributed by atoms with E-state index >= 15 is 0 Å². The van der Waals surface area contributed by atoms with E-state index < -0.39 is 0 Å². The molecule has 2 bridgehead atoms. The van der Waals surface area contributed by atoms with E-state index in [9.17, 15) is 10.2 Å². The van der Waals surface area contributed by atoms with Crippen LogP contribution >= 0.6 is 0 Å². The molecule has 1 spiro atoms. The molecule has 3 aliphatic rings. The van der Waals surface area contributed by atoms with E-state index in [4.69, 9.17) is 0 Å². The highest BCUT2D eigenvalue weighted by atomic mass is 16.3. The minimum absolute atomic E-state index is 0.00231. The smallest absolute Gasteiger partial charge is 0.0603 e. The molecule has 0 heterocycles. The second kappa shape index (κ2) is 3.08. The minimum Gasteiger partial charge on any atom is -0.393 e. The van der Waals surface area contributed by atoms with E-state index in [1.165, 1.54) is 5.57 Å². The average molecular weight is 208 g/mol. The molecule has 0 aliphatic heterocycles. The lowest BCUT2D eigenvalue weighted by atomic mass is 9.58. The van der Waals surface area contributed by atoms with Crippen molar-refractivity contribution in [2.75, 3.05) is 0 Å². The van der Waals surface area contributed by atoms with Gasteiger partial charge in [0.2, 0.25) is 0 Å². The van der Waals surface area contributed by atoms with Gasteiger partial charge in [-0.1, -0.05) is 18.6 Å². The number of hydrogen-bond acceptors (Lipinski definition) is 2. The Morgan fingerprint density at radius 3 is 2.87 bits per heavy atom. The summed E-state index contributed by atoms with van der Waals surface area (Å²) in [6, 6.07) is 0. The van der Waals surface area contributed by atoms with Gasteiger partial charge in [-0.2, -0.15) is 0 Å².